The fourth-order valence-corrected chi connectivity index (χ4v) is 3.26. The fraction of sp³-hybridized carbons (Fsp3) is 0.438. The predicted molar refractivity (Wildman–Crippen MR) is 94.2 cm³/mol. The van der Waals surface area contributed by atoms with Gasteiger partial charge in [0.15, 0.2) is 5.75 Å². The summed E-state index contributed by atoms with van der Waals surface area (Å²) in [6, 6.07) is 1.34. The fourth-order valence-electron chi connectivity index (χ4n) is 2.92. The number of aromatic nitrogens is 3. The van der Waals surface area contributed by atoms with Crippen LogP contribution in [0.15, 0.2) is 29.1 Å². The van der Waals surface area contributed by atoms with Gasteiger partial charge in [-0.3, -0.25) is 0 Å². The minimum Gasteiger partial charge on any atom is -0.432 e. The van der Waals surface area contributed by atoms with E-state index in [0.29, 0.717) is 10.9 Å². The third-order valence-electron chi connectivity index (χ3n) is 4.08. The normalized spacial score (nSPS) is 19.5. The summed E-state index contributed by atoms with van der Waals surface area (Å²) in [6.45, 7) is -2.93. The molecule has 0 aliphatic heterocycles. The Morgan fingerprint density at radius 1 is 1.00 bits per heavy atom. The third-order valence-corrected chi connectivity index (χ3v) is 4.51. The van der Waals surface area contributed by atoms with Crippen LogP contribution < -0.4 is 15.4 Å². The summed E-state index contributed by atoms with van der Waals surface area (Å²) in [7, 11) is 0. The van der Waals surface area contributed by atoms with Crippen LogP contribution >= 0.6 is 15.9 Å². The summed E-state index contributed by atoms with van der Waals surface area (Å²) in [6.07, 6.45) is 3.34. The van der Waals surface area contributed by atoms with Gasteiger partial charge in [0.25, 0.3) is 6.43 Å². The van der Waals surface area contributed by atoms with Gasteiger partial charge in [-0.05, 0) is 41.3 Å². The maximum absolute atomic E-state index is 13.2. The molecule has 0 bridgehead atoms. The monoisotopic (exact) mass is 449 g/mol. The molecule has 1 fully saturated rings. The molecule has 1 saturated carbocycles. The maximum Gasteiger partial charge on any atom is 0.387 e. The van der Waals surface area contributed by atoms with Crippen molar-refractivity contribution in [3.05, 3.63) is 34.7 Å². The Hall–Kier alpha value is -2.17. The van der Waals surface area contributed by atoms with Crippen LogP contribution in [0.4, 0.5) is 29.3 Å². The Balaban J connectivity index is 1.56. The Labute approximate surface area is 160 Å². The number of alkyl halides is 4. The number of hydrogen-bond acceptors (Lipinski definition) is 6. The van der Waals surface area contributed by atoms with Gasteiger partial charge in [0.05, 0.1) is 18.0 Å². The summed E-state index contributed by atoms with van der Waals surface area (Å²) >= 11 is 3.14. The lowest BCUT2D eigenvalue weighted by Crippen LogP contribution is -2.22. The van der Waals surface area contributed by atoms with Crippen molar-refractivity contribution >= 4 is 27.7 Å². The molecule has 1 aliphatic carbocycles. The molecule has 3 rings (SSSR count). The highest BCUT2D eigenvalue weighted by Crippen LogP contribution is 2.31. The lowest BCUT2D eigenvalue weighted by atomic mass is 10.2. The maximum atomic E-state index is 13.2. The second-order valence-electron chi connectivity index (χ2n) is 6.01. The van der Waals surface area contributed by atoms with Crippen LogP contribution in [0.1, 0.15) is 31.3 Å². The first-order chi connectivity index (χ1) is 12.9. The molecule has 0 aromatic carbocycles. The van der Waals surface area contributed by atoms with E-state index < -0.39 is 13.0 Å². The van der Waals surface area contributed by atoms with Crippen molar-refractivity contribution in [3.8, 4) is 5.75 Å². The highest BCUT2D eigenvalue weighted by atomic mass is 79.9. The molecule has 146 valence electrons. The summed E-state index contributed by atoms with van der Waals surface area (Å²) in [5, 5.41) is 6.17. The van der Waals surface area contributed by atoms with Gasteiger partial charge in [-0.15, -0.1) is 0 Å². The van der Waals surface area contributed by atoms with Crippen molar-refractivity contribution in [2.24, 2.45) is 0 Å². The zero-order chi connectivity index (χ0) is 19.4. The van der Waals surface area contributed by atoms with E-state index in [1.165, 1.54) is 12.3 Å². The highest BCUT2D eigenvalue weighted by Gasteiger charge is 2.27. The van der Waals surface area contributed by atoms with E-state index in [0.717, 1.165) is 25.2 Å². The van der Waals surface area contributed by atoms with Gasteiger partial charge < -0.3 is 15.4 Å². The van der Waals surface area contributed by atoms with Crippen LogP contribution in [0.2, 0.25) is 0 Å². The van der Waals surface area contributed by atoms with Crippen LogP contribution in [0.25, 0.3) is 0 Å². The number of nitrogens with zero attached hydrogens (tertiary/aromatic N) is 3. The molecule has 2 aromatic rings. The Morgan fingerprint density at radius 3 is 2.30 bits per heavy atom. The molecular formula is C16H16BrF4N5O. The second-order valence-corrected chi connectivity index (χ2v) is 6.92. The van der Waals surface area contributed by atoms with Crippen LogP contribution in [-0.2, 0) is 0 Å². The topological polar surface area (TPSA) is 72.0 Å². The first kappa shape index (κ1) is 19.6. The number of hydrogen-bond donors (Lipinski definition) is 2. The van der Waals surface area contributed by atoms with E-state index in [1.807, 2.05) is 0 Å². The summed E-state index contributed by atoms with van der Waals surface area (Å²) < 4.78 is 55.3. The molecule has 0 radical (unpaired) electrons. The van der Waals surface area contributed by atoms with Crippen LogP contribution in [-0.4, -0.2) is 33.6 Å². The van der Waals surface area contributed by atoms with Gasteiger partial charge >= 0.3 is 6.61 Å². The molecule has 2 heterocycles. The quantitative estimate of drug-likeness (QED) is 0.601. The second kappa shape index (κ2) is 8.68. The van der Waals surface area contributed by atoms with Gasteiger partial charge in [0, 0.05) is 22.8 Å². The minimum absolute atomic E-state index is 0.0230. The van der Waals surface area contributed by atoms with Crippen molar-refractivity contribution in [2.75, 3.05) is 10.6 Å². The first-order valence-corrected chi connectivity index (χ1v) is 8.93. The molecular weight excluding hydrogens is 434 g/mol. The number of rotatable bonds is 7. The lowest BCUT2D eigenvalue weighted by molar-refractivity contribution is -0.0503. The number of anilines is 2. The number of halogens is 5. The van der Waals surface area contributed by atoms with E-state index in [9.17, 15) is 17.6 Å². The standard InChI is InChI=1S/C16H16BrF4N5O/c17-8-3-12(13(18)19)14(22-5-8)25-9-1-2-10(4-9)26-16-23-6-11(7-24-16)27-15(20)21/h3,5-7,9-10,13,15H,1-2,4H2,(H,22,25)(H,23,24,26)/t9-,10-/m0/s1. The van der Waals surface area contributed by atoms with Crippen molar-refractivity contribution < 1.29 is 22.3 Å². The van der Waals surface area contributed by atoms with Crippen LogP contribution in [0, 0.1) is 0 Å². The average molecular weight is 450 g/mol. The van der Waals surface area contributed by atoms with E-state index in [-0.39, 0.29) is 35.2 Å². The van der Waals surface area contributed by atoms with E-state index >= 15 is 0 Å². The number of nitrogens with one attached hydrogen (secondary N) is 2. The Morgan fingerprint density at radius 2 is 1.67 bits per heavy atom. The van der Waals surface area contributed by atoms with Crippen molar-refractivity contribution in [2.45, 2.75) is 44.4 Å². The molecule has 11 heteroatoms. The third kappa shape index (κ3) is 5.41. The minimum atomic E-state index is -2.93. The summed E-state index contributed by atoms with van der Waals surface area (Å²) in [5.41, 5.74) is -0.154. The molecule has 1 aliphatic rings. The van der Waals surface area contributed by atoms with Crippen molar-refractivity contribution in [3.63, 3.8) is 0 Å². The first-order valence-electron chi connectivity index (χ1n) is 8.14. The van der Waals surface area contributed by atoms with Gasteiger partial charge in [0.1, 0.15) is 5.82 Å². The van der Waals surface area contributed by atoms with Gasteiger partial charge in [-0.2, -0.15) is 8.78 Å². The molecule has 0 spiro atoms. The van der Waals surface area contributed by atoms with Crippen molar-refractivity contribution in [1.82, 2.24) is 15.0 Å². The number of pyridine rings is 1. The Bertz CT molecular complexity index is 765. The average Bonchev–Trinajstić information content (AvgIpc) is 3.04. The molecule has 27 heavy (non-hydrogen) atoms. The molecule has 0 amide bonds. The predicted octanol–water partition coefficient (Wildman–Crippen LogP) is 4.62. The van der Waals surface area contributed by atoms with Gasteiger partial charge in [-0.1, -0.05) is 0 Å². The zero-order valence-electron chi connectivity index (χ0n) is 13.9. The van der Waals surface area contributed by atoms with E-state index in [2.05, 4.69) is 46.3 Å². The molecule has 0 saturated heterocycles. The molecule has 2 atom stereocenters. The van der Waals surface area contributed by atoms with Gasteiger partial charge in [0.2, 0.25) is 5.95 Å². The molecule has 2 aromatic heterocycles. The lowest BCUT2D eigenvalue weighted by Gasteiger charge is -2.17. The van der Waals surface area contributed by atoms with Crippen LogP contribution in [0.3, 0.4) is 0 Å². The summed E-state index contributed by atoms with van der Waals surface area (Å²) in [5.74, 6) is 0.336. The highest BCUT2D eigenvalue weighted by molar-refractivity contribution is 9.10. The largest absolute Gasteiger partial charge is 0.432 e. The van der Waals surface area contributed by atoms with Crippen LogP contribution in [0.5, 0.6) is 5.75 Å². The Kier molecular flexibility index (Phi) is 6.30. The van der Waals surface area contributed by atoms with E-state index in [1.54, 1.807) is 0 Å². The molecule has 2 N–H and O–H groups in total. The molecule has 6 nitrogen and oxygen atoms in total. The SMILES string of the molecule is FC(F)Oc1cnc(N[C@H]2CC[C@H](Nc3ncc(Br)cc3C(F)F)C2)nc1. The van der Waals surface area contributed by atoms with E-state index in [4.69, 9.17) is 0 Å². The molecule has 0 unspecified atom stereocenters. The van der Waals surface area contributed by atoms with Crippen molar-refractivity contribution in [1.29, 1.82) is 0 Å². The summed E-state index contributed by atoms with van der Waals surface area (Å²) in [4.78, 5) is 11.9. The number of ether oxygens (including phenoxy) is 1. The van der Waals surface area contributed by atoms with Gasteiger partial charge in [-0.25, -0.2) is 23.7 Å². The smallest absolute Gasteiger partial charge is 0.387 e. The zero-order valence-corrected chi connectivity index (χ0v) is 15.5.